The zero-order valence-corrected chi connectivity index (χ0v) is 10.3. The van der Waals surface area contributed by atoms with Crippen molar-refractivity contribution in [2.75, 3.05) is 6.61 Å². The van der Waals surface area contributed by atoms with Gasteiger partial charge in [0.05, 0.1) is 6.61 Å². The van der Waals surface area contributed by atoms with E-state index < -0.39 is 0 Å². The minimum Gasteiger partial charge on any atom is -0.508 e. The molecule has 88 valence electrons. The van der Waals surface area contributed by atoms with Crippen molar-refractivity contribution in [2.45, 2.75) is 16.8 Å². The van der Waals surface area contributed by atoms with Gasteiger partial charge >= 0.3 is 0 Å². The minimum absolute atomic E-state index is 0.269. The first kappa shape index (κ1) is 11.8. The molecule has 0 saturated heterocycles. The van der Waals surface area contributed by atoms with Crippen molar-refractivity contribution in [1.29, 1.82) is 0 Å². The van der Waals surface area contributed by atoms with Crippen LogP contribution in [0.15, 0.2) is 52.4 Å². The third-order valence-corrected chi connectivity index (χ3v) is 2.99. The summed E-state index contributed by atoms with van der Waals surface area (Å²) >= 11 is 1.53. The van der Waals surface area contributed by atoms with Gasteiger partial charge in [0.25, 0.3) is 0 Å². The molecule has 0 radical (unpaired) electrons. The molecule has 0 spiro atoms. The summed E-state index contributed by atoms with van der Waals surface area (Å²) in [5.41, 5.74) is 0. The first-order valence-electron chi connectivity index (χ1n) is 5.34. The highest BCUT2D eigenvalue weighted by atomic mass is 32.2. The number of phenols is 1. The molecule has 17 heavy (non-hydrogen) atoms. The van der Waals surface area contributed by atoms with E-state index in [1.165, 1.54) is 11.8 Å². The second-order valence-corrected chi connectivity index (χ2v) is 4.44. The molecule has 0 aliphatic carbocycles. The molecular formula is C13H13NO2S. The molecule has 0 atom stereocenters. The van der Waals surface area contributed by atoms with E-state index in [0.717, 1.165) is 9.92 Å². The predicted octanol–water partition coefficient (Wildman–Crippen LogP) is 3.34. The number of phenolic OH excluding ortho intramolecular Hbond substituents is 1. The standard InChI is InChI=1S/C13H13NO2S/c1-2-16-12-4-3-5-13(14-12)17-11-8-6-10(15)7-9-11/h3-9,15H,2H2,1H3. The highest BCUT2D eigenvalue weighted by molar-refractivity contribution is 7.99. The first-order chi connectivity index (χ1) is 8.28. The Morgan fingerprint density at radius 1 is 1.18 bits per heavy atom. The molecule has 2 aromatic rings. The second kappa shape index (κ2) is 5.59. The van der Waals surface area contributed by atoms with Crippen molar-refractivity contribution in [1.82, 2.24) is 4.98 Å². The maximum atomic E-state index is 9.19. The topological polar surface area (TPSA) is 42.4 Å². The summed E-state index contributed by atoms with van der Waals surface area (Å²) in [4.78, 5) is 5.39. The van der Waals surface area contributed by atoms with Crippen LogP contribution in [0.1, 0.15) is 6.92 Å². The van der Waals surface area contributed by atoms with Crippen LogP contribution >= 0.6 is 11.8 Å². The number of ether oxygens (including phenoxy) is 1. The number of pyridine rings is 1. The Kier molecular flexibility index (Phi) is 3.88. The van der Waals surface area contributed by atoms with Gasteiger partial charge in [0.1, 0.15) is 10.8 Å². The number of aromatic nitrogens is 1. The maximum absolute atomic E-state index is 9.19. The van der Waals surface area contributed by atoms with Gasteiger partial charge in [0, 0.05) is 11.0 Å². The van der Waals surface area contributed by atoms with Gasteiger partial charge in [-0.05, 0) is 37.3 Å². The number of hydrogen-bond donors (Lipinski definition) is 1. The highest BCUT2D eigenvalue weighted by Gasteiger charge is 2.01. The van der Waals surface area contributed by atoms with Crippen molar-refractivity contribution < 1.29 is 9.84 Å². The zero-order valence-electron chi connectivity index (χ0n) is 9.46. The summed E-state index contributed by atoms with van der Waals surface area (Å²) in [6.07, 6.45) is 0. The fourth-order valence-corrected chi connectivity index (χ4v) is 2.11. The Morgan fingerprint density at radius 2 is 1.94 bits per heavy atom. The van der Waals surface area contributed by atoms with E-state index in [-0.39, 0.29) is 5.75 Å². The first-order valence-corrected chi connectivity index (χ1v) is 6.16. The van der Waals surface area contributed by atoms with Gasteiger partial charge in [-0.15, -0.1) is 0 Å². The van der Waals surface area contributed by atoms with Gasteiger partial charge in [0.2, 0.25) is 5.88 Å². The summed E-state index contributed by atoms with van der Waals surface area (Å²) in [5.74, 6) is 0.904. The second-order valence-electron chi connectivity index (χ2n) is 3.34. The van der Waals surface area contributed by atoms with Crippen LogP contribution in [0.5, 0.6) is 11.6 Å². The van der Waals surface area contributed by atoms with Crippen LogP contribution in [0.3, 0.4) is 0 Å². The molecule has 3 nitrogen and oxygen atoms in total. The van der Waals surface area contributed by atoms with Gasteiger partial charge in [-0.3, -0.25) is 0 Å². The fraction of sp³-hybridized carbons (Fsp3) is 0.154. The van der Waals surface area contributed by atoms with E-state index in [0.29, 0.717) is 12.5 Å². The van der Waals surface area contributed by atoms with E-state index in [1.54, 1.807) is 12.1 Å². The summed E-state index contributed by atoms with van der Waals surface area (Å²) in [5, 5.41) is 10.1. The highest BCUT2D eigenvalue weighted by Crippen LogP contribution is 2.28. The van der Waals surface area contributed by atoms with Crippen molar-refractivity contribution in [2.24, 2.45) is 0 Å². The van der Waals surface area contributed by atoms with Gasteiger partial charge in [0.15, 0.2) is 0 Å². The van der Waals surface area contributed by atoms with E-state index in [1.807, 2.05) is 37.3 Å². The Balaban J connectivity index is 2.12. The molecule has 4 heteroatoms. The van der Waals surface area contributed by atoms with Crippen LogP contribution in [0.25, 0.3) is 0 Å². The van der Waals surface area contributed by atoms with Crippen LogP contribution in [0.2, 0.25) is 0 Å². The van der Waals surface area contributed by atoms with Crippen molar-refractivity contribution >= 4 is 11.8 Å². The Hall–Kier alpha value is -1.68. The van der Waals surface area contributed by atoms with Crippen molar-refractivity contribution in [3.8, 4) is 11.6 Å². The Bertz CT molecular complexity index is 485. The molecule has 1 aromatic heterocycles. The lowest BCUT2D eigenvalue weighted by Gasteiger charge is -2.04. The average molecular weight is 247 g/mol. The number of hydrogen-bond acceptors (Lipinski definition) is 4. The minimum atomic E-state index is 0.269. The molecule has 1 heterocycles. The number of benzene rings is 1. The van der Waals surface area contributed by atoms with Crippen LogP contribution in [-0.2, 0) is 0 Å². The third-order valence-electron chi connectivity index (χ3n) is 2.05. The smallest absolute Gasteiger partial charge is 0.214 e. The monoisotopic (exact) mass is 247 g/mol. The van der Waals surface area contributed by atoms with Crippen LogP contribution in [-0.4, -0.2) is 16.7 Å². The largest absolute Gasteiger partial charge is 0.508 e. The van der Waals surface area contributed by atoms with Crippen molar-refractivity contribution in [3.63, 3.8) is 0 Å². The number of aromatic hydroxyl groups is 1. The number of rotatable bonds is 4. The van der Waals surface area contributed by atoms with E-state index in [4.69, 9.17) is 4.74 Å². The lowest BCUT2D eigenvalue weighted by molar-refractivity contribution is 0.324. The summed E-state index contributed by atoms with van der Waals surface area (Å²) < 4.78 is 5.34. The predicted molar refractivity (Wildman–Crippen MR) is 67.6 cm³/mol. The van der Waals surface area contributed by atoms with E-state index >= 15 is 0 Å². The van der Waals surface area contributed by atoms with Crippen molar-refractivity contribution in [3.05, 3.63) is 42.5 Å². The zero-order chi connectivity index (χ0) is 12.1. The fourth-order valence-electron chi connectivity index (χ4n) is 1.32. The van der Waals surface area contributed by atoms with Gasteiger partial charge in [-0.25, -0.2) is 4.98 Å². The molecule has 0 aliphatic rings. The lowest BCUT2D eigenvalue weighted by atomic mass is 10.3. The lowest BCUT2D eigenvalue weighted by Crippen LogP contribution is -1.94. The van der Waals surface area contributed by atoms with Crippen LogP contribution in [0, 0.1) is 0 Å². The molecule has 1 N–H and O–H groups in total. The van der Waals surface area contributed by atoms with E-state index in [2.05, 4.69) is 4.98 Å². The molecule has 1 aromatic carbocycles. The SMILES string of the molecule is CCOc1cccc(Sc2ccc(O)cc2)n1. The van der Waals surface area contributed by atoms with Gasteiger partial charge in [-0.1, -0.05) is 17.8 Å². The summed E-state index contributed by atoms with van der Waals surface area (Å²) in [6, 6.07) is 12.7. The van der Waals surface area contributed by atoms with Crippen LogP contribution in [0.4, 0.5) is 0 Å². The van der Waals surface area contributed by atoms with Crippen LogP contribution < -0.4 is 4.74 Å². The quantitative estimate of drug-likeness (QED) is 0.899. The molecule has 0 aliphatic heterocycles. The van der Waals surface area contributed by atoms with E-state index in [9.17, 15) is 5.11 Å². The third kappa shape index (κ3) is 3.39. The average Bonchev–Trinajstić information content (AvgIpc) is 2.33. The molecule has 0 amide bonds. The molecule has 0 saturated carbocycles. The maximum Gasteiger partial charge on any atom is 0.214 e. The Labute approximate surface area is 104 Å². The summed E-state index contributed by atoms with van der Waals surface area (Å²) in [6.45, 7) is 2.54. The normalized spacial score (nSPS) is 10.2. The Morgan fingerprint density at radius 3 is 2.65 bits per heavy atom. The van der Waals surface area contributed by atoms with Gasteiger partial charge in [-0.2, -0.15) is 0 Å². The van der Waals surface area contributed by atoms with Gasteiger partial charge < -0.3 is 9.84 Å². The molecule has 0 fully saturated rings. The molecule has 0 unspecified atom stereocenters. The molecule has 2 rings (SSSR count). The molecular weight excluding hydrogens is 234 g/mol. The molecule has 0 bridgehead atoms. The summed E-state index contributed by atoms with van der Waals surface area (Å²) in [7, 11) is 0. The number of nitrogens with zero attached hydrogens (tertiary/aromatic N) is 1.